The summed E-state index contributed by atoms with van der Waals surface area (Å²) in [6.07, 6.45) is 1.21. The first kappa shape index (κ1) is 24.9. The van der Waals surface area contributed by atoms with Crippen LogP contribution >= 0.6 is 15.9 Å². The number of benzene rings is 2. The number of hydrogen-bond acceptors (Lipinski definition) is 4. The van der Waals surface area contributed by atoms with Crippen LogP contribution in [0.1, 0.15) is 74.6 Å². The highest BCUT2D eigenvalue weighted by molar-refractivity contribution is 9.10. The topological polar surface area (TPSA) is 60.8 Å². The summed E-state index contributed by atoms with van der Waals surface area (Å²) >= 11 is 3.57. The number of likely N-dealkylation sites (tertiary alicyclic amines) is 1. The van der Waals surface area contributed by atoms with E-state index >= 15 is 0 Å². The van der Waals surface area contributed by atoms with E-state index in [9.17, 15) is 9.59 Å². The van der Waals surface area contributed by atoms with Crippen LogP contribution in [0.25, 0.3) is 10.9 Å². The number of hydrogen-bond donors (Lipinski definition) is 0. The van der Waals surface area contributed by atoms with Crippen LogP contribution in [0.15, 0.2) is 40.9 Å². The van der Waals surface area contributed by atoms with Crippen LogP contribution in [0.3, 0.4) is 0 Å². The highest BCUT2D eigenvalue weighted by atomic mass is 79.9. The van der Waals surface area contributed by atoms with Gasteiger partial charge in [0.2, 0.25) is 0 Å². The Morgan fingerprint density at radius 2 is 1.78 bits per heavy atom. The number of carbonyl (C=O) groups is 2. The van der Waals surface area contributed by atoms with Crippen LogP contribution in [0.4, 0.5) is 4.79 Å². The summed E-state index contributed by atoms with van der Waals surface area (Å²) in [6.45, 7) is 11.2. The van der Waals surface area contributed by atoms with E-state index in [0.717, 1.165) is 56.4 Å². The molecule has 1 amide bonds. The van der Waals surface area contributed by atoms with Crippen molar-refractivity contribution in [2.24, 2.45) is 7.05 Å². The Bertz CT molecular complexity index is 1370. The zero-order valence-electron chi connectivity index (χ0n) is 21.8. The molecule has 190 valence electrons. The standard InChI is InChI=1S/C29H33BrN2O4/c1-28(2,3)36-27(34)32-13-11-18(12-14-32)35-19-8-10-20-22(16-19)29(4,5)26-24(25(20)33)21-9-7-17(30)15-23(21)31(26)6/h7-10,15-16,18H,11-14H2,1-6H3. The number of nitrogens with zero attached hydrogens (tertiary/aromatic N) is 2. The lowest BCUT2D eigenvalue weighted by atomic mass is 9.71. The van der Waals surface area contributed by atoms with Gasteiger partial charge in [-0.2, -0.15) is 0 Å². The molecule has 0 saturated carbocycles. The molecule has 6 nitrogen and oxygen atoms in total. The number of halogens is 1. The summed E-state index contributed by atoms with van der Waals surface area (Å²) < 4.78 is 15.0. The van der Waals surface area contributed by atoms with E-state index in [0.29, 0.717) is 13.1 Å². The number of ketones is 1. The first-order valence-corrected chi connectivity index (χ1v) is 13.3. The van der Waals surface area contributed by atoms with Crippen LogP contribution in [-0.2, 0) is 17.2 Å². The summed E-state index contributed by atoms with van der Waals surface area (Å²) in [5, 5.41) is 0.983. The predicted molar refractivity (Wildman–Crippen MR) is 144 cm³/mol. The molecule has 2 heterocycles. The average Bonchev–Trinajstić information content (AvgIpc) is 3.10. The summed E-state index contributed by atoms with van der Waals surface area (Å²) in [4.78, 5) is 27.8. The monoisotopic (exact) mass is 552 g/mol. The quantitative estimate of drug-likeness (QED) is 0.359. The van der Waals surface area contributed by atoms with E-state index in [1.54, 1.807) is 4.90 Å². The van der Waals surface area contributed by atoms with E-state index in [4.69, 9.17) is 9.47 Å². The van der Waals surface area contributed by atoms with Gasteiger partial charge in [0, 0.05) is 65.0 Å². The molecule has 0 unspecified atom stereocenters. The minimum atomic E-state index is -0.502. The lowest BCUT2D eigenvalue weighted by Crippen LogP contribution is -2.44. The Balaban J connectivity index is 1.39. The molecule has 2 aromatic carbocycles. The number of amides is 1. The Morgan fingerprint density at radius 3 is 2.44 bits per heavy atom. The van der Waals surface area contributed by atoms with Crippen molar-refractivity contribution >= 4 is 38.7 Å². The molecular weight excluding hydrogens is 520 g/mol. The van der Waals surface area contributed by atoms with Crippen molar-refractivity contribution in [1.82, 2.24) is 9.47 Å². The highest BCUT2D eigenvalue weighted by Crippen LogP contribution is 2.46. The van der Waals surface area contributed by atoms with Gasteiger partial charge in [-0.25, -0.2) is 4.79 Å². The van der Waals surface area contributed by atoms with Crippen molar-refractivity contribution in [3.05, 3.63) is 63.3 Å². The number of fused-ring (bicyclic) bond motifs is 4. The molecule has 2 aliphatic rings. The SMILES string of the molecule is Cn1c2c(c3ccc(Br)cc31)C(=O)c1ccc(OC3CCN(C(=O)OC(C)(C)C)CC3)cc1C2(C)C. The van der Waals surface area contributed by atoms with Crippen molar-refractivity contribution in [2.75, 3.05) is 13.1 Å². The molecule has 0 N–H and O–H groups in total. The Labute approximate surface area is 220 Å². The largest absolute Gasteiger partial charge is 0.490 e. The number of aryl methyl sites for hydroxylation is 1. The first-order chi connectivity index (χ1) is 16.9. The Hall–Kier alpha value is -2.80. The van der Waals surface area contributed by atoms with Gasteiger partial charge < -0.3 is 18.9 Å². The van der Waals surface area contributed by atoms with Gasteiger partial charge >= 0.3 is 6.09 Å². The second kappa shape index (κ2) is 8.65. The van der Waals surface area contributed by atoms with Crippen molar-refractivity contribution < 1.29 is 19.1 Å². The molecule has 0 atom stereocenters. The summed E-state index contributed by atoms with van der Waals surface area (Å²) in [6, 6.07) is 11.9. The van der Waals surface area contributed by atoms with Gasteiger partial charge in [-0.05, 0) is 56.7 Å². The van der Waals surface area contributed by atoms with Crippen LogP contribution in [0.2, 0.25) is 0 Å². The Kier molecular flexibility index (Phi) is 5.98. The van der Waals surface area contributed by atoms with Gasteiger partial charge in [0.1, 0.15) is 17.5 Å². The molecule has 1 aromatic heterocycles. The van der Waals surface area contributed by atoms with Crippen LogP contribution in [0, 0.1) is 0 Å². The maximum atomic E-state index is 13.7. The number of rotatable bonds is 2. The van der Waals surface area contributed by atoms with Crippen molar-refractivity contribution in [3.63, 3.8) is 0 Å². The zero-order chi connectivity index (χ0) is 26.0. The molecule has 36 heavy (non-hydrogen) atoms. The number of carbonyl (C=O) groups excluding carboxylic acids is 2. The third-order valence-electron chi connectivity index (χ3n) is 7.29. The van der Waals surface area contributed by atoms with Gasteiger partial charge in [-0.15, -0.1) is 0 Å². The lowest BCUT2D eigenvalue weighted by Gasteiger charge is -2.35. The van der Waals surface area contributed by atoms with Crippen molar-refractivity contribution in [2.45, 2.75) is 64.6 Å². The molecule has 7 heteroatoms. The molecule has 0 spiro atoms. The molecule has 1 aliphatic carbocycles. The van der Waals surface area contributed by atoms with Crippen molar-refractivity contribution in [1.29, 1.82) is 0 Å². The molecule has 1 aliphatic heterocycles. The predicted octanol–water partition coefficient (Wildman–Crippen LogP) is 6.59. The van der Waals surface area contributed by atoms with Crippen LogP contribution in [0.5, 0.6) is 5.75 Å². The molecule has 0 bridgehead atoms. The third kappa shape index (κ3) is 4.21. The summed E-state index contributed by atoms with van der Waals surface area (Å²) in [5.74, 6) is 0.819. The van der Waals surface area contributed by atoms with Gasteiger partial charge in [0.15, 0.2) is 5.78 Å². The van der Waals surface area contributed by atoms with Crippen molar-refractivity contribution in [3.8, 4) is 5.75 Å². The van der Waals surface area contributed by atoms with Gasteiger partial charge in [0.05, 0.1) is 5.56 Å². The number of ether oxygens (including phenoxy) is 2. The number of aromatic nitrogens is 1. The fraction of sp³-hybridized carbons (Fsp3) is 0.448. The molecule has 3 aromatic rings. The first-order valence-electron chi connectivity index (χ1n) is 12.5. The molecule has 0 radical (unpaired) electrons. The lowest BCUT2D eigenvalue weighted by molar-refractivity contribution is 0.0126. The second-order valence-corrected chi connectivity index (χ2v) is 12.3. The van der Waals surface area contributed by atoms with Gasteiger partial charge in [-0.3, -0.25) is 4.79 Å². The summed E-state index contributed by atoms with van der Waals surface area (Å²) in [7, 11) is 2.03. The maximum absolute atomic E-state index is 13.7. The minimum Gasteiger partial charge on any atom is -0.490 e. The highest BCUT2D eigenvalue weighted by Gasteiger charge is 2.41. The molecule has 1 fully saturated rings. The molecule has 5 rings (SSSR count). The van der Waals surface area contributed by atoms with E-state index in [1.807, 2.05) is 58.2 Å². The fourth-order valence-electron chi connectivity index (χ4n) is 5.62. The Morgan fingerprint density at radius 1 is 1.08 bits per heavy atom. The minimum absolute atomic E-state index is 0.00896. The van der Waals surface area contributed by atoms with E-state index < -0.39 is 5.60 Å². The molecular formula is C29H33BrN2O4. The van der Waals surface area contributed by atoms with Crippen LogP contribution < -0.4 is 4.74 Å². The molecule has 1 saturated heterocycles. The average molecular weight is 553 g/mol. The van der Waals surface area contributed by atoms with Gasteiger partial charge in [-0.1, -0.05) is 35.8 Å². The van der Waals surface area contributed by atoms with E-state index in [2.05, 4.69) is 40.4 Å². The van der Waals surface area contributed by atoms with Gasteiger partial charge in [0.25, 0.3) is 0 Å². The zero-order valence-corrected chi connectivity index (χ0v) is 23.4. The normalized spacial score (nSPS) is 17.6. The smallest absolute Gasteiger partial charge is 0.410 e. The maximum Gasteiger partial charge on any atom is 0.410 e. The third-order valence-corrected chi connectivity index (χ3v) is 7.78. The number of piperidine rings is 1. The van der Waals surface area contributed by atoms with Crippen LogP contribution in [-0.4, -0.2) is 46.1 Å². The summed E-state index contributed by atoms with van der Waals surface area (Å²) in [5.41, 5.74) is 3.69. The van der Waals surface area contributed by atoms with E-state index in [1.165, 1.54) is 0 Å². The van der Waals surface area contributed by atoms with E-state index in [-0.39, 0.29) is 23.4 Å². The second-order valence-electron chi connectivity index (χ2n) is 11.4. The fourth-order valence-corrected chi connectivity index (χ4v) is 5.97.